The molecule has 0 unspecified atom stereocenters. The number of rotatable bonds is 0. The zero-order valence-corrected chi connectivity index (χ0v) is 13.0. The number of H-pyrrole nitrogens is 1. The van der Waals surface area contributed by atoms with Gasteiger partial charge in [-0.1, -0.05) is 48.5 Å². The maximum Gasteiger partial charge on any atom is 0.0719 e. The minimum absolute atomic E-state index is 0.947. The lowest BCUT2D eigenvalue weighted by Crippen LogP contribution is -2.13. The number of nitrogens with one attached hydrogen (secondary N) is 1. The van der Waals surface area contributed by atoms with Crippen molar-refractivity contribution in [3.05, 3.63) is 87.4 Å². The van der Waals surface area contributed by atoms with Gasteiger partial charge < -0.3 is 4.98 Å². The van der Waals surface area contributed by atoms with Crippen molar-refractivity contribution >= 4 is 22.7 Å². The lowest BCUT2D eigenvalue weighted by molar-refractivity contribution is 1.19. The third kappa shape index (κ3) is 1.43. The fourth-order valence-electron chi connectivity index (χ4n) is 4.20. The molecule has 2 heteroatoms. The van der Waals surface area contributed by atoms with Crippen LogP contribution in [-0.2, 0) is 6.42 Å². The van der Waals surface area contributed by atoms with Crippen LogP contribution in [0, 0.1) is 10.4 Å². The fourth-order valence-corrected chi connectivity index (χ4v) is 4.20. The molecule has 3 aromatic carbocycles. The van der Waals surface area contributed by atoms with Gasteiger partial charge in [-0.15, -0.1) is 0 Å². The monoisotopic (exact) mass is 306 g/mol. The molecule has 1 aliphatic heterocycles. The summed E-state index contributed by atoms with van der Waals surface area (Å²) in [4.78, 5) is 8.37. The molecule has 0 spiro atoms. The topological polar surface area (TPSA) is 28.1 Å². The van der Waals surface area contributed by atoms with Crippen LogP contribution >= 0.6 is 0 Å². The van der Waals surface area contributed by atoms with Crippen LogP contribution < -0.4 is 10.7 Å². The number of nitrogens with zero attached hydrogens (tertiary/aromatic N) is 1. The van der Waals surface area contributed by atoms with E-state index in [0.29, 0.717) is 0 Å². The highest BCUT2D eigenvalue weighted by Gasteiger charge is 2.19. The van der Waals surface area contributed by atoms with Crippen molar-refractivity contribution in [1.82, 2.24) is 4.98 Å². The Bertz CT molecular complexity index is 1370. The van der Waals surface area contributed by atoms with Gasteiger partial charge in [-0.3, -0.25) is 0 Å². The molecule has 1 aromatic heterocycles. The van der Waals surface area contributed by atoms with Crippen LogP contribution in [0.15, 0.2) is 65.7 Å². The number of benzene rings is 3. The summed E-state index contributed by atoms with van der Waals surface area (Å²) in [5.74, 6) is 0. The first-order chi connectivity index (χ1) is 11.9. The number of para-hydroxylation sites is 2. The Labute approximate surface area is 138 Å². The van der Waals surface area contributed by atoms with E-state index in [1.165, 1.54) is 43.4 Å². The van der Waals surface area contributed by atoms with Crippen molar-refractivity contribution in [2.24, 2.45) is 4.99 Å². The van der Waals surface area contributed by atoms with Gasteiger partial charge in [0.2, 0.25) is 0 Å². The highest BCUT2D eigenvalue weighted by atomic mass is 14.8. The van der Waals surface area contributed by atoms with Crippen LogP contribution in [0.3, 0.4) is 0 Å². The summed E-state index contributed by atoms with van der Waals surface area (Å²) in [5, 5.41) is 6.32. The van der Waals surface area contributed by atoms with Crippen molar-refractivity contribution in [3.8, 4) is 11.1 Å². The predicted octanol–water partition coefficient (Wildman–Crippen LogP) is 3.72. The molecule has 2 nitrogen and oxygen atoms in total. The van der Waals surface area contributed by atoms with Gasteiger partial charge in [0.05, 0.1) is 11.0 Å². The first-order valence-corrected chi connectivity index (χ1v) is 8.31. The standard InChI is InChI=1S/C22H14N2/c1-3-7-17-15(5-1)21-13-9-12-20-22(14(13)10-11-19(21)23-17)16-6-2-4-8-18(16)24-20/h1-9,11-12,23H,10H2. The van der Waals surface area contributed by atoms with Crippen LogP contribution in [0.25, 0.3) is 28.1 Å². The molecule has 0 radical (unpaired) electrons. The summed E-state index contributed by atoms with van der Waals surface area (Å²) in [6.45, 7) is 0. The van der Waals surface area contributed by atoms with Crippen LogP contribution in [0.5, 0.6) is 0 Å². The second-order valence-corrected chi connectivity index (χ2v) is 6.48. The Morgan fingerprint density at radius 1 is 0.875 bits per heavy atom. The first kappa shape index (κ1) is 12.3. The Morgan fingerprint density at radius 2 is 1.75 bits per heavy atom. The minimum atomic E-state index is 0.947. The molecular weight excluding hydrogens is 292 g/mol. The Kier molecular flexibility index (Phi) is 2.17. The van der Waals surface area contributed by atoms with Gasteiger partial charge in [0.1, 0.15) is 0 Å². The van der Waals surface area contributed by atoms with Crippen molar-refractivity contribution in [2.45, 2.75) is 6.42 Å². The van der Waals surface area contributed by atoms with E-state index in [0.717, 1.165) is 17.5 Å². The normalized spacial score (nSPS) is 13.5. The van der Waals surface area contributed by atoms with E-state index in [1.54, 1.807) is 0 Å². The SMILES string of the molecule is C1=c2[nH]c3ccccc3c2=c2ccc3c(c2C1)-c1ccccc1N=3. The second kappa shape index (κ2) is 4.24. The van der Waals surface area contributed by atoms with E-state index in [2.05, 4.69) is 71.7 Å². The summed E-state index contributed by atoms with van der Waals surface area (Å²) < 4.78 is 0. The second-order valence-electron chi connectivity index (χ2n) is 6.48. The molecule has 0 fully saturated rings. The summed E-state index contributed by atoms with van der Waals surface area (Å²) in [5.41, 5.74) is 6.28. The third-order valence-electron chi connectivity index (χ3n) is 5.22. The predicted molar refractivity (Wildman–Crippen MR) is 96.5 cm³/mol. The number of hydrogen-bond donors (Lipinski definition) is 1. The summed E-state index contributed by atoms with van der Waals surface area (Å²) in [6.07, 6.45) is 3.26. The molecule has 24 heavy (non-hydrogen) atoms. The van der Waals surface area contributed by atoms with E-state index in [9.17, 15) is 0 Å². The molecule has 6 rings (SSSR count). The lowest BCUT2D eigenvalue weighted by Gasteiger charge is -2.09. The summed E-state index contributed by atoms with van der Waals surface area (Å²) in [6, 6.07) is 21.4. The molecule has 2 aliphatic rings. The molecule has 4 aromatic rings. The number of aromatic amines is 1. The largest absolute Gasteiger partial charge is 0.355 e. The number of aromatic nitrogens is 1. The summed E-state index contributed by atoms with van der Waals surface area (Å²) in [7, 11) is 0. The van der Waals surface area contributed by atoms with E-state index in [-0.39, 0.29) is 0 Å². The van der Waals surface area contributed by atoms with Gasteiger partial charge in [-0.2, -0.15) is 0 Å². The van der Waals surface area contributed by atoms with E-state index in [1.807, 2.05) is 0 Å². The van der Waals surface area contributed by atoms with Crippen LogP contribution in [0.1, 0.15) is 5.56 Å². The molecule has 0 amide bonds. The number of hydrogen-bond acceptors (Lipinski definition) is 1. The average molecular weight is 306 g/mol. The molecule has 0 saturated heterocycles. The van der Waals surface area contributed by atoms with Gasteiger partial charge in [-0.05, 0) is 35.4 Å². The minimum Gasteiger partial charge on any atom is -0.355 e. The Hall–Kier alpha value is -3.13. The van der Waals surface area contributed by atoms with Crippen LogP contribution in [-0.4, -0.2) is 4.98 Å². The van der Waals surface area contributed by atoms with Crippen molar-refractivity contribution in [2.75, 3.05) is 0 Å². The van der Waals surface area contributed by atoms with Crippen LogP contribution in [0.2, 0.25) is 0 Å². The van der Waals surface area contributed by atoms with Gasteiger partial charge in [0.15, 0.2) is 0 Å². The van der Waals surface area contributed by atoms with Crippen molar-refractivity contribution in [3.63, 3.8) is 0 Å². The Morgan fingerprint density at radius 3 is 2.75 bits per heavy atom. The first-order valence-electron chi connectivity index (χ1n) is 8.31. The van der Waals surface area contributed by atoms with Crippen molar-refractivity contribution < 1.29 is 0 Å². The third-order valence-corrected chi connectivity index (χ3v) is 5.22. The highest BCUT2D eigenvalue weighted by molar-refractivity contribution is 5.84. The van der Waals surface area contributed by atoms with E-state index in [4.69, 9.17) is 4.99 Å². The molecule has 0 atom stereocenters. The zero-order valence-electron chi connectivity index (χ0n) is 13.0. The van der Waals surface area contributed by atoms with E-state index < -0.39 is 0 Å². The van der Waals surface area contributed by atoms with Gasteiger partial charge in [0.25, 0.3) is 0 Å². The lowest BCUT2D eigenvalue weighted by atomic mass is 9.93. The van der Waals surface area contributed by atoms with Gasteiger partial charge in [0, 0.05) is 32.6 Å². The zero-order chi connectivity index (χ0) is 15.7. The molecule has 1 N–H and O–H groups in total. The molecule has 0 bridgehead atoms. The Balaban J connectivity index is 1.89. The van der Waals surface area contributed by atoms with Gasteiger partial charge >= 0.3 is 0 Å². The smallest absolute Gasteiger partial charge is 0.0719 e. The molecule has 1 aliphatic carbocycles. The maximum absolute atomic E-state index is 4.81. The molecular formula is C22H14N2. The van der Waals surface area contributed by atoms with Gasteiger partial charge in [-0.25, -0.2) is 4.99 Å². The molecule has 112 valence electrons. The quantitative estimate of drug-likeness (QED) is 0.452. The average Bonchev–Trinajstić information content (AvgIpc) is 3.19. The molecule has 0 saturated carbocycles. The van der Waals surface area contributed by atoms with Crippen LogP contribution in [0.4, 0.5) is 5.69 Å². The number of fused-ring (bicyclic) bond motifs is 8. The van der Waals surface area contributed by atoms with E-state index >= 15 is 0 Å². The summed E-state index contributed by atoms with van der Waals surface area (Å²) >= 11 is 0. The molecule has 2 heterocycles. The fraction of sp³-hybridized carbons (Fsp3) is 0.0455. The highest BCUT2D eigenvalue weighted by Crippen LogP contribution is 2.35. The van der Waals surface area contributed by atoms with Crippen molar-refractivity contribution in [1.29, 1.82) is 0 Å². The maximum atomic E-state index is 4.81.